The molecule has 120 valence electrons. The van der Waals surface area contributed by atoms with Gasteiger partial charge in [0.25, 0.3) is 11.8 Å². The number of rotatable bonds is 5. The molecule has 0 bridgehead atoms. The van der Waals surface area contributed by atoms with Crippen LogP contribution in [0.4, 0.5) is 0 Å². The summed E-state index contributed by atoms with van der Waals surface area (Å²) in [4.78, 5) is 26.3. The monoisotopic (exact) mass is 304 g/mol. The fourth-order valence-corrected chi connectivity index (χ4v) is 2.74. The molecule has 0 spiro atoms. The molecule has 1 heterocycles. The Balaban J connectivity index is 1.94. The third-order valence-corrected chi connectivity index (χ3v) is 4.15. The van der Waals surface area contributed by atoms with Gasteiger partial charge in [0.05, 0.1) is 0 Å². The normalized spacial score (nSPS) is 19.5. The summed E-state index contributed by atoms with van der Waals surface area (Å²) >= 11 is 0. The second-order valence-corrected chi connectivity index (χ2v) is 5.64. The lowest BCUT2D eigenvalue weighted by Crippen LogP contribution is -2.52. The van der Waals surface area contributed by atoms with Crippen molar-refractivity contribution in [2.45, 2.75) is 38.3 Å². The molecule has 0 saturated carbocycles. The molecule has 1 saturated heterocycles. The summed E-state index contributed by atoms with van der Waals surface area (Å²) in [5, 5.41) is 2.94. The number of nitrogens with one attached hydrogen (secondary N) is 1. The predicted octanol–water partition coefficient (Wildman–Crippen LogP) is 1.83. The summed E-state index contributed by atoms with van der Waals surface area (Å²) < 4.78 is 5.13. The van der Waals surface area contributed by atoms with Gasteiger partial charge in [-0.2, -0.15) is 0 Å². The average molecular weight is 304 g/mol. The molecule has 5 nitrogen and oxygen atoms in total. The van der Waals surface area contributed by atoms with Gasteiger partial charge in [0.2, 0.25) is 0 Å². The van der Waals surface area contributed by atoms with Crippen molar-refractivity contribution in [3.8, 4) is 0 Å². The van der Waals surface area contributed by atoms with Crippen LogP contribution in [0, 0.1) is 0 Å². The van der Waals surface area contributed by atoms with Gasteiger partial charge in [0, 0.05) is 31.8 Å². The van der Waals surface area contributed by atoms with E-state index in [1.807, 2.05) is 23.1 Å². The minimum absolute atomic E-state index is 0.00107. The summed E-state index contributed by atoms with van der Waals surface area (Å²) in [6.07, 6.45) is 2.56. The van der Waals surface area contributed by atoms with E-state index in [1.165, 1.54) is 0 Å². The van der Waals surface area contributed by atoms with Gasteiger partial charge >= 0.3 is 0 Å². The lowest BCUT2D eigenvalue weighted by atomic mass is 10.0. The molecule has 0 aromatic heterocycles. The first-order valence-corrected chi connectivity index (χ1v) is 7.80. The fraction of sp³-hybridized carbons (Fsp3) is 0.529. The number of hydrogen-bond donors (Lipinski definition) is 1. The van der Waals surface area contributed by atoms with Crippen molar-refractivity contribution in [3.63, 3.8) is 0 Å². The molecule has 2 atom stereocenters. The number of benzene rings is 1. The van der Waals surface area contributed by atoms with Crippen molar-refractivity contribution in [1.29, 1.82) is 0 Å². The van der Waals surface area contributed by atoms with Gasteiger partial charge in [-0.25, -0.2) is 0 Å². The molecule has 1 aromatic rings. The molecule has 1 aromatic carbocycles. The third-order valence-electron chi connectivity index (χ3n) is 4.15. The van der Waals surface area contributed by atoms with E-state index in [4.69, 9.17) is 4.74 Å². The minimum atomic E-state index is -0.439. The van der Waals surface area contributed by atoms with Gasteiger partial charge in [0.1, 0.15) is 6.10 Å². The van der Waals surface area contributed by atoms with Crippen LogP contribution in [-0.2, 0) is 9.53 Å². The van der Waals surface area contributed by atoms with Crippen LogP contribution in [0.1, 0.15) is 36.5 Å². The lowest BCUT2D eigenvalue weighted by molar-refractivity contribution is -0.144. The smallest absolute Gasteiger partial charge is 0.251 e. The molecule has 0 radical (unpaired) electrons. The van der Waals surface area contributed by atoms with Crippen LogP contribution < -0.4 is 5.32 Å². The average Bonchev–Trinajstić information content (AvgIpc) is 2.59. The summed E-state index contributed by atoms with van der Waals surface area (Å²) in [5.74, 6) is -0.0977. The third kappa shape index (κ3) is 4.07. The second-order valence-electron chi connectivity index (χ2n) is 5.64. The standard InChI is InChI=1S/C17H24N2O3/c1-13(22-2)17(21)19-11-7-6-10-15(19)12-18-16(20)14-8-4-3-5-9-14/h3-5,8-9,13,15H,6-7,10-12H2,1-2H3,(H,18,20)/t13-,15+/m1/s1. The summed E-state index contributed by atoms with van der Waals surface area (Å²) in [5.41, 5.74) is 0.640. The van der Waals surface area contributed by atoms with Crippen molar-refractivity contribution in [1.82, 2.24) is 10.2 Å². The number of carbonyl (C=O) groups excluding carboxylic acids is 2. The first kappa shape index (κ1) is 16.5. The van der Waals surface area contributed by atoms with E-state index in [2.05, 4.69) is 5.32 Å². The molecule has 1 fully saturated rings. The molecule has 2 rings (SSSR count). The number of methoxy groups -OCH3 is 1. The van der Waals surface area contributed by atoms with Gasteiger partial charge < -0.3 is 15.0 Å². The van der Waals surface area contributed by atoms with Crippen LogP contribution in [0.15, 0.2) is 30.3 Å². The van der Waals surface area contributed by atoms with Crippen molar-refractivity contribution >= 4 is 11.8 Å². The highest BCUT2D eigenvalue weighted by atomic mass is 16.5. The Bertz CT molecular complexity index is 504. The Kier molecular flexibility index (Phi) is 5.95. The van der Waals surface area contributed by atoms with Crippen LogP contribution in [0.3, 0.4) is 0 Å². The molecule has 1 aliphatic heterocycles. The number of carbonyl (C=O) groups is 2. The quantitative estimate of drug-likeness (QED) is 0.903. The van der Waals surface area contributed by atoms with Crippen LogP contribution in [0.25, 0.3) is 0 Å². The Hall–Kier alpha value is -1.88. The molecule has 5 heteroatoms. The molecular formula is C17H24N2O3. The molecular weight excluding hydrogens is 280 g/mol. The molecule has 1 N–H and O–H groups in total. The van der Waals surface area contributed by atoms with Crippen LogP contribution in [0.2, 0.25) is 0 Å². The molecule has 0 aliphatic carbocycles. The van der Waals surface area contributed by atoms with Gasteiger partial charge in [-0.05, 0) is 38.3 Å². The maximum Gasteiger partial charge on any atom is 0.251 e. The first-order chi connectivity index (χ1) is 10.6. The van der Waals surface area contributed by atoms with E-state index in [0.717, 1.165) is 25.8 Å². The maximum absolute atomic E-state index is 12.3. The van der Waals surface area contributed by atoms with Gasteiger partial charge in [-0.15, -0.1) is 0 Å². The molecule has 0 unspecified atom stereocenters. The Morgan fingerprint density at radius 3 is 2.73 bits per heavy atom. The zero-order valence-corrected chi connectivity index (χ0v) is 13.2. The Labute approximate surface area is 131 Å². The zero-order valence-electron chi connectivity index (χ0n) is 13.2. The van der Waals surface area contributed by atoms with Gasteiger partial charge in [-0.3, -0.25) is 9.59 Å². The van der Waals surface area contributed by atoms with Crippen LogP contribution in [0.5, 0.6) is 0 Å². The summed E-state index contributed by atoms with van der Waals surface area (Å²) in [6, 6.07) is 9.17. The highest BCUT2D eigenvalue weighted by Gasteiger charge is 2.29. The van der Waals surface area contributed by atoms with E-state index in [0.29, 0.717) is 12.1 Å². The molecule has 22 heavy (non-hydrogen) atoms. The topological polar surface area (TPSA) is 58.6 Å². The van der Waals surface area contributed by atoms with E-state index in [-0.39, 0.29) is 17.9 Å². The number of likely N-dealkylation sites (tertiary alicyclic amines) is 1. The van der Waals surface area contributed by atoms with Crippen LogP contribution in [-0.4, -0.2) is 49.1 Å². The van der Waals surface area contributed by atoms with Crippen molar-refractivity contribution in [3.05, 3.63) is 35.9 Å². The van der Waals surface area contributed by atoms with E-state index in [1.54, 1.807) is 26.2 Å². The van der Waals surface area contributed by atoms with E-state index in [9.17, 15) is 9.59 Å². The van der Waals surface area contributed by atoms with Crippen molar-refractivity contribution < 1.29 is 14.3 Å². The maximum atomic E-state index is 12.3. The van der Waals surface area contributed by atoms with Gasteiger partial charge in [0.15, 0.2) is 0 Å². The second kappa shape index (κ2) is 7.94. The van der Waals surface area contributed by atoms with Crippen LogP contribution >= 0.6 is 0 Å². The Morgan fingerprint density at radius 1 is 1.32 bits per heavy atom. The Morgan fingerprint density at radius 2 is 2.05 bits per heavy atom. The summed E-state index contributed by atoms with van der Waals surface area (Å²) in [7, 11) is 1.54. The molecule has 2 amide bonds. The van der Waals surface area contributed by atoms with E-state index < -0.39 is 6.10 Å². The largest absolute Gasteiger partial charge is 0.372 e. The van der Waals surface area contributed by atoms with Crippen molar-refractivity contribution in [2.24, 2.45) is 0 Å². The predicted molar refractivity (Wildman–Crippen MR) is 84.6 cm³/mol. The zero-order chi connectivity index (χ0) is 15.9. The number of nitrogens with zero attached hydrogens (tertiary/aromatic N) is 1. The first-order valence-electron chi connectivity index (χ1n) is 7.80. The highest BCUT2D eigenvalue weighted by Crippen LogP contribution is 2.18. The highest BCUT2D eigenvalue weighted by molar-refractivity contribution is 5.94. The SMILES string of the molecule is CO[C@H](C)C(=O)N1CCCC[C@H]1CNC(=O)c1ccccc1. The lowest BCUT2D eigenvalue weighted by Gasteiger charge is -2.37. The number of piperidine rings is 1. The fourth-order valence-electron chi connectivity index (χ4n) is 2.74. The molecule has 1 aliphatic rings. The number of ether oxygens (including phenoxy) is 1. The minimum Gasteiger partial charge on any atom is -0.372 e. The number of amides is 2. The van der Waals surface area contributed by atoms with Gasteiger partial charge in [-0.1, -0.05) is 18.2 Å². The number of hydrogen-bond acceptors (Lipinski definition) is 3. The van der Waals surface area contributed by atoms with E-state index >= 15 is 0 Å². The summed E-state index contributed by atoms with van der Waals surface area (Å²) in [6.45, 7) is 2.98. The van der Waals surface area contributed by atoms with Crippen molar-refractivity contribution in [2.75, 3.05) is 20.2 Å².